The Kier molecular flexibility index (Phi) is 3.24. The summed E-state index contributed by atoms with van der Waals surface area (Å²) in [6, 6.07) is 0. The van der Waals surface area contributed by atoms with Gasteiger partial charge in [-0.1, -0.05) is 6.42 Å². The molecule has 2 N–H and O–H groups in total. The lowest BCUT2D eigenvalue weighted by molar-refractivity contribution is 0.0146. The summed E-state index contributed by atoms with van der Waals surface area (Å²) in [7, 11) is 0. The molecule has 66 valence electrons. The molecule has 0 aromatic heterocycles. The molecule has 11 heavy (non-hydrogen) atoms. The summed E-state index contributed by atoms with van der Waals surface area (Å²) in [6.07, 6.45) is 1.41. The molecule has 1 saturated carbocycles. The Balaban J connectivity index is 2.31. The van der Waals surface area contributed by atoms with Gasteiger partial charge in [0, 0.05) is 5.92 Å². The third-order valence-corrected chi connectivity index (χ3v) is 2.58. The summed E-state index contributed by atoms with van der Waals surface area (Å²) in [5, 5.41) is 0. The minimum atomic E-state index is -2.16. The van der Waals surface area contributed by atoms with Crippen molar-refractivity contribution in [2.45, 2.75) is 32.1 Å². The van der Waals surface area contributed by atoms with E-state index in [-0.39, 0.29) is 5.92 Å². The Morgan fingerprint density at radius 1 is 1.36 bits per heavy atom. The van der Waals surface area contributed by atoms with E-state index in [2.05, 4.69) is 0 Å². The van der Waals surface area contributed by atoms with Gasteiger partial charge in [0.15, 0.2) is 0 Å². The molecular weight excluding hydrogens is 148 g/mol. The second-order valence-corrected chi connectivity index (χ2v) is 3.27. The predicted molar refractivity (Wildman–Crippen MR) is 40.5 cm³/mol. The van der Waals surface area contributed by atoms with Gasteiger partial charge in [0.05, 0.1) is 0 Å². The number of hydrogen-bond donors (Lipinski definition) is 1. The molecule has 0 aromatic carbocycles. The van der Waals surface area contributed by atoms with Gasteiger partial charge in [-0.15, -0.1) is 0 Å². The van der Waals surface area contributed by atoms with Crippen LogP contribution in [0.1, 0.15) is 25.7 Å². The molecule has 0 heterocycles. The lowest BCUT2D eigenvalue weighted by Gasteiger charge is -2.33. The van der Waals surface area contributed by atoms with Gasteiger partial charge in [-0.05, 0) is 31.7 Å². The SMILES string of the molecule is NCCC(C(F)F)C1CCC1. The number of rotatable bonds is 4. The number of halogens is 2. The molecule has 1 fully saturated rings. The normalized spacial score (nSPS) is 21.8. The summed E-state index contributed by atoms with van der Waals surface area (Å²) in [5.41, 5.74) is 5.25. The van der Waals surface area contributed by atoms with Crippen molar-refractivity contribution in [1.82, 2.24) is 0 Å². The number of nitrogens with two attached hydrogens (primary N) is 1. The monoisotopic (exact) mass is 163 g/mol. The van der Waals surface area contributed by atoms with E-state index in [1.807, 2.05) is 0 Å². The molecule has 0 saturated heterocycles. The fraction of sp³-hybridized carbons (Fsp3) is 1.00. The van der Waals surface area contributed by atoms with Crippen molar-refractivity contribution in [3.8, 4) is 0 Å². The minimum absolute atomic E-state index is 0.263. The molecule has 1 atom stereocenters. The van der Waals surface area contributed by atoms with Crippen molar-refractivity contribution in [2.24, 2.45) is 17.6 Å². The van der Waals surface area contributed by atoms with Crippen molar-refractivity contribution < 1.29 is 8.78 Å². The molecule has 1 unspecified atom stereocenters. The topological polar surface area (TPSA) is 26.0 Å². The van der Waals surface area contributed by atoms with Crippen LogP contribution in [0.2, 0.25) is 0 Å². The summed E-state index contributed by atoms with van der Waals surface area (Å²) in [6.45, 7) is 0.394. The van der Waals surface area contributed by atoms with Gasteiger partial charge in [0.2, 0.25) is 6.43 Å². The van der Waals surface area contributed by atoms with Crippen molar-refractivity contribution in [3.63, 3.8) is 0 Å². The Labute approximate surface area is 66.0 Å². The van der Waals surface area contributed by atoms with E-state index >= 15 is 0 Å². The highest BCUT2D eigenvalue weighted by atomic mass is 19.3. The van der Waals surface area contributed by atoms with E-state index in [9.17, 15) is 8.78 Å². The van der Waals surface area contributed by atoms with E-state index < -0.39 is 12.3 Å². The highest BCUT2D eigenvalue weighted by molar-refractivity contribution is 4.79. The van der Waals surface area contributed by atoms with Gasteiger partial charge in [-0.25, -0.2) is 8.78 Å². The van der Waals surface area contributed by atoms with E-state index in [4.69, 9.17) is 5.73 Å². The molecule has 0 radical (unpaired) electrons. The fourth-order valence-electron chi connectivity index (χ4n) is 1.63. The van der Waals surface area contributed by atoms with Crippen molar-refractivity contribution >= 4 is 0 Å². The Morgan fingerprint density at radius 3 is 2.27 bits per heavy atom. The van der Waals surface area contributed by atoms with E-state index in [0.717, 1.165) is 19.3 Å². The molecule has 1 rings (SSSR count). The van der Waals surface area contributed by atoms with Crippen LogP contribution in [0.25, 0.3) is 0 Å². The molecule has 0 spiro atoms. The average molecular weight is 163 g/mol. The quantitative estimate of drug-likeness (QED) is 0.674. The maximum absolute atomic E-state index is 12.3. The zero-order valence-corrected chi connectivity index (χ0v) is 6.60. The van der Waals surface area contributed by atoms with Gasteiger partial charge in [0.1, 0.15) is 0 Å². The number of hydrogen-bond acceptors (Lipinski definition) is 1. The van der Waals surface area contributed by atoms with Crippen LogP contribution < -0.4 is 5.73 Å². The van der Waals surface area contributed by atoms with Crippen molar-refractivity contribution in [3.05, 3.63) is 0 Å². The Bertz CT molecular complexity index is 113. The summed E-state index contributed by atoms with van der Waals surface area (Å²) >= 11 is 0. The third-order valence-electron chi connectivity index (χ3n) is 2.58. The van der Waals surface area contributed by atoms with Crippen molar-refractivity contribution in [1.29, 1.82) is 0 Å². The van der Waals surface area contributed by atoms with Gasteiger partial charge in [-0.2, -0.15) is 0 Å². The maximum atomic E-state index is 12.3. The van der Waals surface area contributed by atoms with Crippen LogP contribution >= 0.6 is 0 Å². The first-order valence-electron chi connectivity index (χ1n) is 4.24. The standard InChI is InChI=1S/C8H15F2N/c9-8(10)7(4-5-11)6-2-1-3-6/h6-8H,1-5,11H2. The summed E-state index contributed by atoms with van der Waals surface area (Å²) < 4.78 is 24.6. The van der Waals surface area contributed by atoms with Gasteiger partial charge >= 0.3 is 0 Å². The van der Waals surface area contributed by atoms with E-state index in [1.165, 1.54) is 0 Å². The second kappa shape index (κ2) is 4.00. The Morgan fingerprint density at radius 2 is 2.00 bits per heavy atom. The molecule has 1 aliphatic rings. The highest BCUT2D eigenvalue weighted by Gasteiger charge is 2.32. The molecule has 1 aliphatic carbocycles. The summed E-state index contributed by atoms with van der Waals surface area (Å²) in [5.74, 6) is -0.160. The lowest BCUT2D eigenvalue weighted by atomic mass is 9.75. The highest BCUT2D eigenvalue weighted by Crippen LogP contribution is 2.37. The van der Waals surface area contributed by atoms with Crippen LogP contribution in [-0.2, 0) is 0 Å². The minimum Gasteiger partial charge on any atom is -0.330 e. The third kappa shape index (κ3) is 2.12. The Hall–Kier alpha value is -0.180. The largest absolute Gasteiger partial charge is 0.330 e. The molecule has 1 nitrogen and oxygen atoms in total. The van der Waals surface area contributed by atoms with Gasteiger partial charge in [0.25, 0.3) is 0 Å². The first kappa shape index (κ1) is 8.91. The molecule has 0 bridgehead atoms. The van der Waals surface area contributed by atoms with Crippen LogP contribution in [0.15, 0.2) is 0 Å². The first-order chi connectivity index (χ1) is 5.25. The average Bonchev–Trinajstić information content (AvgIpc) is 1.82. The van der Waals surface area contributed by atoms with Crippen LogP contribution in [0, 0.1) is 11.8 Å². The van der Waals surface area contributed by atoms with E-state index in [1.54, 1.807) is 0 Å². The molecule has 0 amide bonds. The van der Waals surface area contributed by atoms with Crippen LogP contribution in [0.4, 0.5) is 8.78 Å². The molecule has 0 aromatic rings. The first-order valence-corrected chi connectivity index (χ1v) is 4.24. The lowest BCUT2D eigenvalue weighted by Crippen LogP contribution is -2.29. The molecule has 3 heteroatoms. The number of alkyl halides is 2. The van der Waals surface area contributed by atoms with Gasteiger partial charge < -0.3 is 5.73 Å². The van der Waals surface area contributed by atoms with E-state index in [0.29, 0.717) is 13.0 Å². The second-order valence-electron chi connectivity index (χ2n) is 3.27. The smallest absolute Gasteiger partial charge is 0.241 e. The van der Waals surface area contributed by atoms with Gasteiger partial charge in [-0.3, -0.25) is 0 Å². The fourth-order valence-corrected chi connectivity index (χ4v) is 1.63. The van der Waals surface area contributed by atoms with Crippen LogP contribution in [-0.4, -0.2) is 13.0 Å². The van der Waals surface area contributed by atoms with Crippen LogP contribution in [0.3, 0.4) is 0 Å². The predicted octanol–water partition coefficient (Wildman–Crippen LogP) is 2.02. The maximum Gasteiger partial charge on any atom is 0.241 e. The zero-order chi connectivity index (χ0) is 8.27. The zero-order valence-electron chi connectivity index (χ0n) is 6.60. The summed E-state index contributed by atoms with van der Waals surface area (Å²) in [4.78, 5) is 0. The van der Waals surface area contributed by atoms with Crippen molar-refractivity contribution in [2.75, 3.05) is 6.54 Å². The molecule has 0 aliphatic heterocycles. The molecular formula is C8H15F2N. The van der Waals surface area contributed by atoms with Crippen LogP contribution in [0.5, 0.6) is 0 Å².